The molecule has 0 radical (unpaired) electrons. The number of rotatable bonds is 4. The van der Waals surface area contributed by atoms with Gasteiger partial charge in [0.1, 0.15) is 0 Å². The van der Waals surface area contributed by atoms with E-state index in [1.54, 1.807) is 11.3 Å². The van der Waals surface area contributed by atoms with Gasteiger partial charge in [-0.15, -0.1) is 28.0 Å². The maximum absolute atomic E-state index is 5.66. The Morgan fingerprint density at radius 3 is 2.75 bits per heavy atom. The minimum atomic E-state index is 0.405. The van der Waals surface area contributed by atoms with Crippen LogP contribution in [0.5, 0.6) is 0 Å². The Balaban J connectivity index is 2.05. The zero-order valence-corrected chi connectivity index (χ0v) is 10.5. The summed E-state index contributed by atoms with van der Waals surface area (Å²) in [5, 5.41) is 10.2. The molecule has 16 heavy (non-hydrogen) atoms. The molecule has 5 heteroatoms. The van der Waals surface area contributed by atoms with Crippen LogP contribution in [0.2, 0.25) is 0 Å². The average molecular weight is 254 g/mol. The smallest absolute Gasteiger partial charge is 0.151 e. The molecule has 0 N–H and O–H groups in total. The molecule has 0 spiro atoms. The molecule has 3 nitrogen and oxygen atoms in total. The quantitative estimate of drug-likeness (QED) is 0.785. The molecule has 0 bridgehead atoms. The number of hydrogen-bond acceptors (Lipinski definition) is 4. The Bertz CT molecular complexity index is 427. The SMILES string of the molecule is CN(Cc1cccs1)c1ccc(CCl)nn1. The van der Waals surface area contributed by atoms with E-state index in [1.807, 2.05) is 19.2 Å². The van der Waals surface area contributed by atoms with Gasteiger partial charge < -0.3 is 4.90 Å². The molecule has 2 aromatic heterocycles. The van der Waals surface area contributed by atoms with Crippen LogP contribution in [0.4, 0.5) is 5.82 Å². The van der Waals surface area contributed by atoms with Crippen molar-refractivity contribution in [3.05, 3.63) is 40.2 Å². The van der Waals surface area contributed by atoms with E-state index < -0.39 is 0 Å². The summed E-state index contributed by atoms with van der Waals surface area (Å²) in [6, 6.07) is 8.01. The summed E-state index contributed by atoms with van der Waals surface area (Å²) in [6.45, 7) is 0.854. The summed E-state index contributed by atoms with van der Waals surface area (Å²) >= 11 is 7.40. The lowest BCUT2D eigenvalue weighted by atomic mass is 10.4. The number of nitrogens with zero attached hydrogens (tertiary/aromatic N) is 3. The third-order valence-electron chi connectivity index (χ3n) is 2.21. The van der Waals surface area contributed by atoms with Gasteiger partial charge in [-0.3, -0.25) is 0 Å². The van der Waals surface area contributed by atoms with Gasteiger partial charge in [-0.05, 0) is 23.6 Å². The van der Waals surface area contributed by atoms with Crippen LogP contribution in [0, 0.1) is 0 Å². The van der Waals surface area contributed by atoms with E-state index in [4.69, 9.17) is 11.6 Å². The number of halogens is 1. The fraction of sp³-hybridized carbons (Fsp3) is 0.273. The second-order valence-electron chi connectivity index (χ2n) is 3.45. The van der Waals surface area contributed by atoms with E-state index in [1.165, 1.54) is 4.88 Å². The first kappa shape index (κ1) is 11.4. The molecule has 0 aliphatic rings. The average Bonchev–Trinajstić information content (AvgIpc) is 2.82. The van der Waals surface area contributed by atoms with Crippen molar-refractivity contribution in [3.63, 3.8) is 0 Å². The number of thiophene rings is 1. The van der Waals surface area contributed by atoms with Crippen molar-refractivity contribution in [1.82, 2.24) is 10.2 Å². The number of anilines is 1. The highest BCUT2D eigenvalue weighted by atomic mass is 35.5. The van der Waals surface area contributed by atoms with Gasteiger partial charge in [-0.1, -0.05) is 6.07 Å². The van der Waals surface area contributed by atoms with Crippen LogP contribution < -0.4 is 4.90 Å². The Hall–Kier alpha value is -1.13. The molecule has 0 aliphatic carbocycles. The number of alkyl halides is 1. The molecule has 2 rings (SSSR count). The largest absolute Gasteiger partial charge is 0.353 e. The first-order chi connectivity index (χ1) is 7.79. The van der Waals surface area contributed by atoms with Crippen molar-refractivity contribution in [2.75, 3.05) is 11.9 Å². The van der Waals surface area contributed by atoms with Crippen LogP contribution in [0.25, 0.3) is 0 Å². The molecule has 0 fully saturated rings. The summed E-state index contributed by atoms with van der Waals surface area (Å²) in [5.41, 5.74) is 0.801. The zero-order chi connectivity index (χ0) is 11.4. The number of aromatic nitrogens is 2. The summed E-state index contributed by atoms with van der Waals surface area (Å²) in [5.74, 6) is 1.27. The highest BCUT2D eigenvalue weighted by Crippen LogP contribution is 2.15. The summed E-state index contributed by atoms with van der Waals surface area (Å²) < 4.78 is 0. The molecule has 84 valence electrons. The molecule has 2 aromatic rings. The van der Waals surface area contributed by atoms with Gasteiger partial charge >= 0.3 is 0 Å². The molecule has 0 aromatic carbocycles. The van der Waals surface area contributed by atoms with Gasteiger partial charge in [0.05, 0.1) is 18.1 Å². The minimum absolute atomic E-state index is 0.405. The lowest BCUT2D eigenvalue weighted by Gasteiger charge is -2.16. The molecule has 0 aliphatic heterocycles. The van der Waals surface area contributed by atoms with Gasteiger partial charge in [-0.25, -0.2) is 0 Å². The van der Waals surface area contributed by atoms with Crippen molar-refractivity contribution in [2.24, 2.45) is 0 Å². The maximum Gasteiger partial charge on any atom is 0.151 e. The van der Waals surface area contributed by atoms with Crippen molar-refractivity contribution in [2.45, 2.75) is 12.4 Å². The minimum Gasteiger partial charge on any atom is -0.353 e. The van der Waals surface area contributed by atoms with Crippen LogP contribution >= 0.6 is 22.9 Å². The fourth-order valence-corrected chi connectivity index (χ4v) is 2.24. The fourth-order valence-electron chi connectivity index (χ4n) is 1.34. The third-order valence-corrected chi connectivity index (χ3v) is 3.34. The van der Waals surface area contributed by atoms with E-state index in [-0.39, 0.29) is 0 Å². The summed E-state index contributed by atoms with van der Waals surface area (Å²) in [4.78, 5) is 3.38. The first-order valence-corrected chi connectivity index (χ1v) is 6.33. The van der Waals surface area contributed by atoms with Crippen molar-refractivity contribution in [3.8, 4) is 0 Å². The predicted molar refractivity (Wildman–Crippen MR) is 68.0 cm³/mol. The Labute approximate surface area is 104 Å². The van der Waals surface area contributed by atoms with E-state index in [0.717, 1.165) is 18.1 Å². The van der Waals surface area contributed by atoms with Crippen LogP contribution in [0.3, 0.4) is 0 Å². The van der Waals surface area contributed by atoms with E-state index >= 15 is 0 Å². The molecule has 0 saturated carbocycles. The zero-order valence-electron chi connectivity index (χ0n) is 8.93. The van der Waals surface area contributed by atoms with Crippen LogP contribution in [0.15, 0.2) is 29.6 Å². The highest BCUT2D eigenvalue weighted by Gasteiger charge is 2.04. The Kier molecular flexibility index (Phi) is 3.74. The van der Waals surface area contributed by atoms with E-state index in [9.17, 15) is 0 Å². The van der Waals surface area contributed by atoms with Crippen LogP contribution in [0.1, 0.15) is 10.6 Å². The number of hydrogen-bond donors (Lipinski definition) is 0. The molecular formula is C11H12ClN3S. The first-order valence-electron chi connectivity index (χ1n) is 4.91. The molecule has 0 atom stereocenters. The van der Waals surface area contributed by atoms with Gasteiger partial charge in [0.2, 0.25) is 0 Å². The predicted octanol–water partition coefficient (Wildman–Crippen LogP) is 2.91. The van der Waals surface area contributed by atoms with Gasteiger partial charge in [0.15, 0.2) is 5.82 Å². The molecule has 2 heterocycles. The third kappa shape index (κ3) is 2.71. The van der Waals surface area contributed by atoms with Gasteiger partial charge in [-0.2, -0.15) is 5.10 Å². The second kappa shape index (κ2) is 5.27. The van der Waals surface area contributed by atoms with E-state index in [2.05, 4.69) is 32.6 Å². The van der Waals surface area contributed by atoms with Gasteiger partial charge in [0.25, 0.3) is 0 Å². The second-order valence-corrected chi connectivity index (χ2v) is 4.75. The summed E-state index contributed by atoms with van der Waals surface area (Å²) in [6.07, 6.45) is 0. The topological polar surface area (TPSA) is 29.0 Å². The lowest BCUT2D eigenvalue weighted by molar-refractivity contribution is 0.862. The molecule has 0 unspecified atom stereocenters. The van der Waals surface area contributed by atoms with Gasteiger partial charge in [0, 0.05) is 11.9 Å². The molecular weight excluding hydrogens is 242 g/mol. The monoisotopic (exact) mass is 253 g/mol. The lowest BCUT2D eigenvalue weighted by Crippen LogP contribution is -2.17. The standard InChI is InChI=1S/C11H12ClN3S/c1-15(8-10-3-2-6-16-10)11-5-4-9(7-12)13-14-11/h2-6H,7-8H2,1H3. The summed E-state index contributed by atoms with van der Waals surface area (Å²) in [7, 11) is 2.00. The maximum atomic E-state index is 5.66. The Morgan fingerprint density at radius 1 is 1.31 bits per heavy atom. The highest BCUT2D eigenvalue weighted by molar-refractivity contribution is 7.09. The van der Waals surface area contributed by atoms with Crippen LogP contribution in [-0.2, 0) is 12.4 Å². The molecule has 0 saturated heterocycles. The van der Waals surface area contributed by atoms with Crippen molar-refractivity contribution in [1.29, 1.82) is 0 Å². The Morgan fingerprint density at radius 2 is 2.19 bits per heavy atom. The van der Waals surface area contributed by atoms with Crippen molar-refractivity contribution < 1.29 is 0 Å². The van der Waals surface area contributed by atoms with Crippen molar-refractivity contribution >= 4 is 28.8 Å². The van der Waals surface area contributed by atoms with E-state index in [0.29, 0.717) is 5.88 Å². The normalized spacial score (nSPS) is 10.4. The molecule has 0 amide bonds. The van der Waals surface area contributed by atoms with Crippen LogP contribution in [-0.4, -0.2) is 17.2 Å².